The van der Waals surface area contributed by atoms with Crippen LogP contribution >= 0.6 is 0 Å². The van der Waals surface area contributed by atoms with Gasteiger partial charge in [-0.25, -0.2) is 23.1 Å². The van der Waals surface area contributed by atoms with Crippen molar-refractivity contribution in [2.45, 2.75) is 37.1 Å². The maximum Gasteiger partial charge on any atom is 0.341 e. The third-order valence-corrected chi connectivity index (χ3v) is 6.57. The van der Waals surface area contributed by atoms with Crippen molar-refractivity contribution in [3.63, 3.8) is 0 Å². The number of piperidine rings is 1. The molecule has 1 unspecified atom stereocenters. The molecule has 0 aliphatic carbocycles. The zero-order valence-electron chi connectivity index (χ0n) is 21.6. The van der Waals surface area contributed by atoms with E-state index in [9.17, 15) is 23.4 Å². The van der Waals surface area contributed by atoms with Crippen molar-refractivity contribution < 1.29 is 48.0 Å². The summed E-state index contributed by atoms with van der Waals surface area (Å²) < 4.78 is 46.6. The fraction of sp³-hybridized carbons (Fsp3) is 0.500. The fourth-order valence-corrected chi connectivity index (χ4v) is 4.13. The van der Waals surface area contributed by atoms with Gasteiger partial charge in [0, 0.05) is 38.3 Å². The number of hydrogen-bond donors (Lipinski definition) is 6. The third kappa shape index (κ3) is 7.57. The minimum Gasteiger partial charge on any atom is -0.490 e. The van der Waals surface area contributed by atoms with E-state index in [1.807, 2.05) is 4.90 Å². The first-order chi connectivity index (χ1) is 19.3. The molecule has 3 aromatic rings. The molecule has 2 aliphatic heterocycles. The van der Waals surface area contributed by atoms with E-state index in [-0.39, 0.29) is 18.0 Å². The first-order valence-electron chi connectivity index (χ1n) is 12.6. The average Bonchev–Trinajstić information content (AvgIpc) is 3.60. The highest BCUT2D eigenvalue weighted by Crippen LogP contribution is 2.28. The lowest BCUT2D eigenvalue weighted by Gasteiger charge is -2.30. The Kier molecular flexibility index (Phi) is 9.25. The Morgan fingerprint density at radius 2 is 1.61 bits per heavy atom. The molecule has 4 heterocycles. The van der Waals surface area contributed by atoms with Crippen LogP contribution in [0.15, 0.2) is 35.1 Å². The first kappa shape index (κ1) is 30.4. The topological polar surface area (TPSA) is 208 Å². The summed E-state index contributed by atoms with van der Waals surface area (Å²) in [6.07, 6.45) is 5.73. The van der Waals surface area contributed by atoms with E-state index in [0.717, 1.165) is 44.5 Å². The Morgan fingerprint density at radius 1 is 0.951 bits per heavy atom. The maximum atomic E-state index is 12.0. The Labute approximate surface area is 231 Å². The second-order valence-corrected chi connectivity index (χ2v) is 9.72. The lowest BCUT2D eigenvalue weighted by atomic mass is 9.98. The molecular formula is C24H30F3N7O7. The van der Waals surface area contributed by atoms with Gasteiger partial charge in [-0.2, -0.15) is 4.98 Å². The Balaban J connectivity index is 0.000000367. The van der Waals surface area contributed by atoms with Crippen LogP contribution in [-0.2, 0) is 5.79 Å². The van der Waals surface area contributed by atoms with Crippen LogP contribution in [0.1, 0.15) is 25.1 Å². The molecule has 0 amide bonds. The van der Waals surface area contributed by atoms with Crippen molar-refractivity contribution in [3.8, 4) is 5.75 Å². The van der Waals surface area contributed by atoms with Crippen LogP contribution in [0.2, 0.25) is 0 Å². The molecule has 224 valence electrons. The van der Waals surface area contributed by atoms with Crippen LogP contribution in [0.4, 0.5) is 25.1 Å². The van der Waals surface area contributed by atoms with Crippen molar-refractivity contribution >= 4 is 12.0 Å². The molecule has 2 saturated heterocycles. The van der Waals surface area contributed by atoms with E-state index >= 15 is 0 Å². The van der Waals surface area contributed by atoms with Crippen LogP contribution in [0.25, 0.3) is 0 Å². The van der Waals surface area contributed by atoms with Gasteiger partial charge < -0.3 is 50.3 Å². The molecular weight excluding hydrogens is 555 g/mol. The number of rotatable bonds is 7. The smallest absolute Gasteiger partial charge is 0.341 e. The maximum absolute atomic E-state index is 12.0. The van der Waals surface area contributed by atoms with Gasteiger partial charge >= 0.3 is 17.8 Å². The third-order valence-electron chi connectivity index (χ3n) is 6.57. The predicted molar refractivity (Wildman–Crippen MR) is 133 cm³/mol. The van der Waals surface area contributed by atoms with Gasteiger partial charge in [-0.3, -0.25) is 0 Å². The van der Waals surface area contributed by atoms with Gasteiger partial charge in [-0.05, 0) is 37.3 Å². The molecule has 17 heteroatoms. The largest absolute Gasteiger partial charge is 0.490 e. The van der Waals surface area contributed by atoms with Gasteiger partial charge in [0.2, 0.25) is 11.8 Å². The Morgan fingerprint density at radius 3 is 2.17 bits per heavy atom. The van der Waals surface area contributed by atoms with Gasteiger partial charge in [0.05, 0.1) is 19.0 Å². The van der Waals surface area contributed by atoms with Crippen molar-refractivity contribution in [2.24, 2.45) is 11.7 Å². The molecule has 1 atom stereocenters. The highest BCUT2D eigenvalue weighted by atomic mass is 19.2. The van der Waals surface area contributed by atoms with E-state index in [2.05, 4.69) is 20.1 Å². The van der Waals surface area contributed by atoms with Crippen LogP contribution in [0, 0.1) is 23.4 Å². The summed E-state index contributed by atoms with van der Waals surface area (Å²) in [5, 5.41) is 49.6. The molecule has 2 aromatic heterocycles. The summed E-state index contributed by atoms with van der Waals surface area (Å²) in [7, 11) is 0. The number of hydrogen-bond acceptors (Lipinski definition) is 14. The standard InChI is InChI=1S/C18H27N7O7.C6H3F3/c19-12-3-6-25(9-12)15-20-7-13(8-21-15)31-10-11-1-4-24(5-2-11)16-22-14(23-32-16)17(26,27)18(28,29)30;7-4-1-2-5(8)6(9)3-4/h7-8,11-12,26-30H,1-6,9-10,19H2;1-3H. The normalized spacial score (nSPS) is 18.3. The molecule has 1 aromatic carbocycles. The number of ether oxygens (including phenoxy) is 1. The summed E-state index contributed by atoms with van der Waals surface area (Å²) in [6.45, 7) is 3.15. The second kappa shape index (κ2) is 12.5. The summed E-state index contributed by atoms with van der Waals surface area (Å²) in [4.78, 5) is 16.2. The van der Waals surface area contributed by atoms with Crippen molar-refractivity contribution in [3.05, 3.63) is 53.9 Å². The SMILES string of the molecule is Fc1ccc(F)c(F)c1.NC1CCN(c2ncc(OCC3CCN(c4nc(C(O)(O)C(O)(O)O)no4)CC3)cn2)C1. The number of aliphatic hydroxyl groups is 5. The van der Waals surface area contributed by atoms with Crippen molar-refractivity contribution in [2.75, 3.05) is 42.6 Å². The Bertz CT molecular complexity index is 1290. The zero-order valence-corrected chi connectivity index (χ0v) is 21.6. The number of aromatic nitrogens is 4. The second-order valence-electron chi connectivity index (χ2n) is 9.72. The summed E-state index contributed by atoms with van der Waals surface area (Å²) in [5.41, 5.74) is 5.92. The van der Waals surface area contributed by atoms with Gasteiger partial charge in [0.25, 0.3) is 0 Å². The molecule has 7 N–H and O–H groups in total. The minimum absolute atomic E-state index is 0.0262. The lowest BCUT2D eigenvalue weighted by molar-refractivity contribution is -0.456. The number of halogens is 3. The van der Waals surface area contributed by atoms with Crippen LogP contribution in [0.5, 0.6) is 5.75 Å². The molecule has 5 rings (SSSR count). The minimum atomic E-state index is -3.85. The number of anilines is 2. The van der Waals surface area contributed by atoms with Crippen LogP contribution < -0.4 is 20.3 Å². The van der Waals surface area contributed by atoms with Gasteiger partial charge in [0.1, 0.15) is 5.82 Å². The van der Waals surface area contributed by atoms with Gasteiger partial charge in [0.15, 0.2) is 17.4 Å². The number of nitrogens with zero attached hydrogens (tertiary/aromatic N) is 6. The first-order valence-corrected chi connectivity index (χ1v) is 12.6. The molecule has 41 heavy (non-hydrogen) atoms. The van der Waals surface area contributed by atoms with E-state index in [1.165, 1.54) is 0 Å². The van der Waals surface area contributed by atoms with E-state index < -0.39 is 35.0 Å². The number of benzene rings is 1. The van der Waals surface area contributed by atoms with Crippen LogP contribution in [-0.4, -0.2) is 90.4 Å². The quantitative estimate of drug-likeness (QED) is 0.154. The highest BCUT2D eigenvalue weighted by molar-refractivity contribution is 5.33. The van der Waals surface area contributed by atoms with Crippen molar-refractivity contribution in [1.29, 1.82) is 0 Å². The van der Waals surface area contributed by atoms with Crippen molar-refractivity contribution in [1.82, 2.24) is 20.1 Å². The van der Waals surface area contributed by atoms with E-state index in [0.29, 0.717) is 37.5 Å². The molecule has 2 fully saturated rings. The predicted octanol–water partition coefficient (Wildman–Crippen LogP) is -0.436. The number of nitrogens with two attached hydrogens (primary N) is 1. The molecule has 14 nitrogen and oxygen atoms in total. The average molecular weight is 586 g/mol. The lowest BCUT2D eigenvalue weighted by Crippen LogP contribution is -2.52. The summed E-state index contributed by atoms with van der Waals surface area (Å²) in [5.74, 6) is -9.68. The zero-order chi connectivity index (χ0) is 29.8. The van der Waals surface area contributed by atoms with E-state index in [4.69, 9.17) is 30.3 Å². The Hall–Kier alpha value is -3.61. The van der Waals surface area contributed by atoms with E-state index in [1.54, 1.807) is 17.3 Å². The fourth-order valence-electron chi connectivity index (χ4n) is 4.13. The molecule has 0 bridgehead atoms. The monoisotopic (exact) mass is 585 g/mol. The molecule has 0 saturated carbocycles. The molecule has 0 radical (unpaired) electrons. The molecule has 2 aliphatic rings. The van der Waals surface area contributed by atoms with Gasteiger partial charge in [-0.15, -0.1) is 0 Å². The summed E-state index contributed by atoms with van der Waals surface area (Å²) in [6, 6.07) is 2.22. The highest BCUT2D eigenvalue weighted by Gasteiger charge is 2.52. The molecule has 0 spiro atoms. The van der Waals surface area contributed by atoms with Gasteiger partial charge in [-0.1, -0.05) is 5.16 Å². The summed E-state index contributed by atoms with van der Waals surface area (Å²) >= 11 is 0. The van der Waals surface area contributed by atoms with Crippen LogP contribution in [0.3, 0.4) is 0 Å².